The monoisotopic (exact) mass is 914 g/mol. The smallest absolute Gasteiger partial charge is 0.394 e. The summed E-state index contributed by atoms with van der Waals surface area (Å²) in [7, 11) is -5.13. The van der Waals surface area contributed by atoms with Crippen LogP contribution in [-0.4, -0.2) is 107 Å². The number of aliphatic hydroxyl groups is 5. The third-order valence-electron chi connectivity index (χ3n) is 11.1. The molecule has 1 rings (SSSR count). The number of nitrogens with one attached hydrogen (secondary N) is 1. The first-order valence-electron chi connectivity index (χ1n) is 24.3. The summed E-state index contributed by atoms with van der Waals surface area (Å²) in [5.74, 6) is -0.723. The average Bonchev–Trinajstić information content (AvgIpc) is 3.25. The van der Waals surface area contributed by atoms with E-state index in [-0.39, 0.29) is 6.42 Å². The van der Waals surface area contributed by atoms with Crippen LogP contribution in [0.4, 0.5) is 0 Å². The van der Waals surface area contributed by atoms with Crippen molar-refractivity contribution in [1.29, 1.82) is 0 Å². The lowest BCUT2D eigenvalue weighted by molar-refractivity contribution is -0.298. The summed E-state index contributed by atoms with van der Waals surface area (Å²) in [4.78, 5) is 13.1. The highest BCUT2D eigenvalue weighted by atomic mass is 32.3. The molecule has 0 saturated carbocycles. The Morgan fingerprint density at radius 2 is 1.11 bits per heavy atom. The molecule has 1 amide bonds. The zero-order valence-electron chi connectivity index (χ0n) is 38.7. The van der Waals surface area contributed by atoms with E-state index in [2.05, 4.69) is 72.0 Å². The fraction of sp³-hybridized carbons (Fsp3) is 0.776. The summed E-state index contributed by atoms with van der Waals surface area (Å²) in [5.41, 5.74) is 0. The summed E-state index contributed by atoms with van der Waals surface area (Å²) >= 11 is 0. The lowest BCUT2D eigenvalue weighted by Crippen LogP contribution is -2.61. The van der Waals surface area contributed by atoms with Gasteiger partial charge in [0.25, 0.3) is 0 Å². The van der Waals surface area contributed by atoms with Gasteiger partial charge in [-0.25, -0.2) is 4.18 Å². The summed E-state index contributed by atoms with van der Waals surface area (Å²) in [6, 6.07) is -1.15. The molecule has 8 atom stereocenters. The van der Waals surface area contributed by atoms with Crippen LogP contribution in [0.5, 0.6) is 0 Å². The van der Waals surface area contributed by atoms with Gasteiger partial charge in [-0.2, -0.15) is 8.42 Å². The van der Waals surface area contributed by atoms with E-state index < -0.39 is 78.5 Å². The van der Waals surface area contributed by atoms with E-state index in [1.807, 2.05) is 0 Å². The van der Waals surface area contributed by atoms with Gasteiger partial charge in [-0.1, -0.05) is 171 Å². The van der Waals surface area contributed by atoms with E-state index in [4.69, 9.17) is 9.47 Å². The molecule has 1 aliphatic rings. The molecule has 0 bridgehead atoms. The number of hydrogen-bond donors (Lipinski definition) is 7. The van der Waals surface area contributed by atoms with Crippen molar-refractivity contribution in [3.8, 4) is 0 Å². The zero-order chi connectivity index (χ0) is 46.4. The summed E-state index contributed by atoms with van der Waals surface area (Å²) in [6.45, 7) is 3.15. The second kappa shape index (κ2) is 39.0. The van der Waals surface area contributed by atoms with Crippen molar-refractivity contribution >= 4 is 16.3 Å². The number of hydrogen-bond acceptors (Lipinski definition) is 11. The summed E-state index contributed by atoms with van der Waals surface area (Å²) in [5, 5.41) is 55.2. The molecule has 0 aromatic carbocycles. The third kappa shape index (κ3) is 31.3. The highest BCUT2D eigenvalue weighted by Gasteiger charge is 2.48. The van der Waals surface area contributed by atoms with Gasteiger partial charge in [-0.05, 0) is 70.6 Å². The predicted molar refractivity (Wildman–Crippen MR) is 251 cm³/mol. The molecule has 14 heteroatoms. The van der Waals surface area contributed by atoms with Crippen molar-refractivity contribution in [2.45, 2.75) is 230 Å². The normalized spacial score (nSPS) is 21.4. The Balaban J connectivity index is 2.59. The molecule has 0 aromatic rings. The van der Waals surface area contributed by atoms with Crippen molar-refractivity contribution in [2.75, 3.05) is 13.2 Å². The van der Waals surface area contributed by atoms with E-state index in [9.17, 15) is 43.3 Å². The highest BCUT2D eigenvalue weighted by molar-refractivity contribution is 7.80. The molecule has 7 N–H and O–H groups in total. The Hall–Kier alpha value is -2.24. The van der Waals surface area contributed by atoms with Crippen LogP contribution in [0, 0.1) is 0 Å². The number of carbonyl (C=O) groups is 1. The maximum absolute atomic E-state index is 13.1. The van der Waals surface area contributed by atoms with Crippen molar-refractivity contribution in [3.63, 3.8) is 0 Å². The van der Waals surface area contributed by atoms with Gasteiger partial charge >= 0.3 is 10.4 Å². The number of unbranched alkanes of at least 4 members (excludes halogenated alkanes) is 20. The molecule has 0 aliphatic carbocycles. The Morgan fingerprint density at radius 3 is 1.65 bits per heavy atom. The van der Waals surface area contributed by atoms with Gasteiger partial charge in [0.1, 0.15) is 30.5 Å². The molecule has 1 fully saturated rings. The minimum absolute atomic E-state index is 0.225. The molecular weight excluding hydrogens is 827 g/mol. The maximum Gasteiger partial charge on any atom is 0.397 e. The number of aliphatic hydroxyl groups excluding tert-OH is 5. The van der Waals surface area contributed by atoms with Gasteiger partial charge in [-0.3, -0.25) is 9.35 Å². The number of carbonyl (C=O) groups excluding carboxylic acids is 1. The molecule has 0 spiro atoms. The van der Waals surface area contributed by atoms with Crippen molar-refractivity contribution in [2.24, 2.45) is 0 Å². The second-order valence-corrected chi connectivity index (χ2v) is 17.9. The molecule has 366 valence electrons. The van der Waals surface area contributed by atoms with E-state index >= 15 is 0 Å². The number of ether oxygens (including phenoxy) is 2. The topological polar surface area (TPSA) is 212 Å². The molecule has 0 aromatic heterocycles. The van der Waals surface area contributed by atoms with Crippen LogP contribution in [0.2, 0.25) is 0 Å². The molecule has 0 radical (unpaired) electrons. The average molecular weight is 914 g/mol. The molecule has 63 heavy (non-hydrogen) atoms. The van der Waals surface area contributed by atoms with E-state index in [1.54, 1.807) is 6.08 Å². The fourth-order valence-electron chi connectivity index (χ4n) is 7.25. The molecule has 8 unspecified atom stereocenters. The highest BCUT2D eigenvalue weighted by Crippen LogP contribution is 2.26. The van der Waals surface area contributed by atoms with Gasteiger partial charge in [0, 0.05) is 0 Å². The Morgan fingerprint density at radius 1 is 0.651 bits per heavy atom. The number of allylic oxidation sites excluding steroid dienone is 9. The number of rotatable bonds is 40. The van der Waals surface area contributed by atoms with Crippen molar-refractivity contribution in [3.05, 3.63) is 60.8 Å². The third-order valence-corrected chi connectivity index (χ3v) is 11.6. The molecule has 1 aliphatic heterocycles. The first-order valence-corrected chi connectivity index (χ1v) is 25.7. The zero-order valence-corrected chi connectivity index (χ0v) is 39.5. The van der Waals surface area contributed by atoms with Crippen molar-refractivity contribution in [1.82, 2.24) is 5.32 Å². The van der Waals surface area contributed by atoms with Crippen LogP contribution in [0.3, 0.4) is 0 Å². The van der Waals surface area contributed by atoms with Gasteiger partial charge in [0.2, 0.25) is 5.91 Å². The minimum atomic E-state index is -5.13. The van der Waals surface area contributed by atoms with Gasteiger partial charge in [0.05, 0.1) is 25.4 Å². The van der Waals surface area contributed by atoms with Gasteiger partial charge in [-0.15, -0.1) is 0 Å². The standard InChI is InChI=1S/C49H87NO12S/c1-3-5-7-9-11-13-15-17-19-21-22-24-26-28-30-32-34-36-38-43(53)48(56)50-41(40-60-49-46(55)47(62-63(57,58)59)45(54)44(39-51)61-49)42(52)37-35-33-31-29-27-25-23-20-18-16-14-12-10-8-6-4-2/h11,13,15,17-18,20,27,29,35,37,41-47,49,51-55H,3-10,12,14,16,19,21-26,28,30-34,36,38-40H2,1-2H3,(H,50,56)(H,57,58,59)/b13-11-,17-15-,20-18+,29-27+,37-35+. The first kappa shape index (κ1) is 58.8. The van der Waals surface area contributed by atoms with E-state index in [0.29, 0.717) is 12.8 Å². The Bertz CT molecular complexity index is 1370. The molecule has 1 heterocycles. The van der Waals surface area contributed by atoms with Crippen LogP contribution in [-0.2, 0) is 28.9 Å². The van der Waals surface area contributed by atoms with Crippen molar-refractivity contribution < 1.29 is 57.0 Å². The summed E-state index contributed by atoms with van der Waals surface area (Å²) < 4.78 is 47.5. The van der Waals surface area contributed by atoms with Crippen LogP contribution in [0.1, 0.15) is 181 Å². The van der Waals surface area contributed by atoms with Crippen LogP contribution >= 0.6 is 0 Å². The molecule has 1 saturated heterocycles. The van der Waals surface area contributed by atoms with Crippen LogP contribution in [0.15, 0.2) is 60.8 Å². The SMILES string of the molecule is CCCCC/C=C\C=C/CCCCCCCCCCCC(O)C(=O)NC(COC1OC(CO)C(O)C(OS(=O)(=O)O)C1O)C(O)/C=C/CC/C=C/CC/C=C/CCCCCCCC. The van der Waals surface area contributed by atoms with E-state index in [0.717, 1.165) is 64.2 Å². The minimum Gasteiger partial charge on any atom is -0.394 e. The Kier molecular flexibility index (Phi) is 36.4. The van der Waals surface area contributed by atoms with Gasteiger partial charge in [0.15, 0.2) is 6.29 Å². The maximum atomic E-state index is 13.1. The largest absolute Gasteiger partial charge is 0.397 e. The lowest BCUT2D eigenvalue weighted by atomic mass is 9.99. The lowest BCUT2D eigenvalue weighted by Gasteiger charge is -2.41. The van der Waals surface area contributed by atoms with Crippen LogP contribution in [0.25, 0.3) is 0 Å². The first-order chi connectivity index (χ1) is 30.4. The molecular formula is C49H87NO12S. The quantitative estimate of drug-likeness (QED) is 0.0133. The van der Waals surface area contributed by atoms with E-state index in [1.165, 1.54) is 89.5 Å². The Labute approximate surface area is 381 Å². The number of amides is 1. The summed E-state index contributed by atoms with van der Waals surface area (Å²) in [6.07, 6.45) is 37.2. The van der Waals surface area contributed by atoms with Gasteiger partial charge < -0.3 is 40.3 Å². The van der Waals surface area contributed by atoms with Crippen LogP contribution < -0.4 is 5.32 Å². The fourth-order valence-corrected chi connectivity index (χ4v) is 7.76. The predicted octanol–water partition coefficient (Wildman–Crippen LogP) is 8.80. The molecule has 13 nitrogen and oxygen atoms in total. The second-order valence-electron chi connectivity index (χ2n) is 16.8.